The molecule has 2 N–H and O–H groups in total. The van der Waals surface area contributed by atoms with Gasteiger partial charge in [0.25, 0.3) is 0 Å². The number of aromatic nitrogens is 5. The first-order valence-electron chi connectivity index (χ1n) is 12.6. The Bertz CT molecular complexity index is 1560. The van der Waals surface area contributed by atoms with Crippen molar-refractivity contribution in [3.63, 3.8) is 0 Å². The maximum atomic E-state index is 13.9. The summed E-state index contributed by atoms with van der Waals surface area (Å²) in [4.78, 5) is 8.49. The maximum absolute atomic E-state index is 13.9. The van der Waals surface area contributed by atoms with Crippen molar-refractivity contribution in [2.24, 2.45) is 5.41 Å². The molecule has 1 aliphatic carbocycles. The summed E-state index contributed by atoms with van der Waals surface area (Å²) in [6.07, 6.45) is 5.56. The predicted molar refractivity (Wildman–Crippen MR) is 147 cm³/mol. The summed E-state index contributed by atoms with van der Waals surface area (Å²) < 4.78 is 15.8. The van der Waals surface area contributed by atoms with Crippen molar-refractivity contribution in [2.75, 3.05) is 17.2 Å². The monoisotopic (exact) mass is 532 g/mol. The molecular formula is C28H30ClFN8. The molecule has 0 bridgehead atoms. The van der Waals surface area contributed by atoms with Crippen molar-refractivity contribution in [1.82, 2.24) is 25.0 Å². The first kappa shape index (κ1) is 25.9. The van der Waals surface area contributed by atoms with Crippen molar-refractivity contribution in [2.45, 2.75) is 59.0 Å². The smallest absolute Gasteiger partial charge is 0.213 e. The van der Waals surface area contributed by atoms with Crippen LogP contribution in [0, 0.1) is 29.6 Å². The highest BCUT2D eigenvalue weighted by Crippen LogP contribution is 2.43. The van der Waals surface area contributed by atoms with E-state index in [2.05, 4.69) is 64.7 Å². The van der Waals surface area contributed by atoms with E-state index < -0.39 is 12.0 Å². The number of nitrogens with one attached hydrogen (secondary N) is 2. The molecule has 5 rings (SSSR count). The molecule has 38 heavy (non-hydrogen) atoms. The van der Waals surface area contributed by atoms with Crippen LogP contribution in [0.5, 0.6) is 0 Å². The van der Waals surface area contributed by atoms with Gasteiger partial charge in [0.1, 0.15) is 11.8 Å². The van der Waals surface area contributed by atoms with Gasteiger partial charge in [-0.1, -0.05) is 43.7 Å². The lowest BCUT2D eigenvalue weighted by molar-refractivity contribution is 0.443. The van der Waals surface area contributed by atoms with Crippen molar-refractivity contribution < 1.29 is 4.39 Å². The van der Waals surface area contributed by atoms with Crippen LogP contribution in [-0.4, -0.2) is 31.5 Å². The summed E-state index contributed by atoms with van der Waals surface area (Å²) in [6, 6.07) is 8.54. The number of rotatable bonds is 7. The molecule has 1 unspecified atom stereocenters. The molecule has 0 radical (unpaired) electrons. The molecular weight excluding hydrogens is 503 g/mol. The SMILES string of the molecule is Cc1nc(F)ccc1C(Nc1cc(Cl)c2ncc(C#N)c(NCC(C)(C)C)c2c1)c1cn(C2(C)CC2)nn1. The highest BCUT2D eigenvalue weighted by Gasteiger charge is 2.41. The van der Waals surface area contributed by atoms with Gasteiger partial charge in [-0.05, 0) is 50.3 Å². The lowest BCUT2D eigenvalue weighted by Gasteiger charge is -2.23. The van der Waals surface area contributed by atoms with E-state index in [0.717, 1.165) is 23.8 Å². The van der Waals surface area contributed by atoms with E-state index >= 15 is 0 Å². The molecule has 10 heteroatoms. The quantitative estimate of drug-likeness (QED) is 0.267. The number of benzene rings is 1. The number of anilines is 2. The van der Waals surface area contributed by atoms with E-state index in [-0.39, 0.29) is 11.0 Å². The number of nitrogens with zero attached hydrogens (tertiary/aromatic N) is 6. The van der Waals surface area contributed by atoms with Crippen LogP contribution in [0.1, 0.15) is 69.1 Å². The minimum absolute atomic E-state index is 0.00972. The van der Waals surface area contributed by atoms with Crippen LogP contribution in [0.3, 0.4) is 0 Å². The number of halogens is 2. The number of pyridine rings is 2. The molecule has 1 atom stereocenters. The molecule has 0 amide bonds. The number of nitriles is 1. The van der Waals surface area contributed by atoms with E-state index in [1.165, 1.54) is 6.07 Å². The fraction of sp³-hybridized carbons (Fsp3) is 0.393. The van der Waals surface area contributed by atoms with Gasteiger partial charge >= 0.3 is 0 Å². The van der Waals surface area contributed by atoms with E-state index in [4.69, 9.17) is 11.6 Å². The third kappa shape index (κ3) is 5.14. The summed E-state index contributed by atoms with van der Waals surface area (Å²) in [5.41, 5.74) is 4.37. The first-order chi connectivity index (χ1) is 18.0. The first-order valence-corrected chi connectivity index (χ1v) is 12.9. The Morgan fingerprint density at radius 2 is 2.03 bits per heavy atom. The van der Waals surface area contributed by atoms with Gasteiger partial charge in [-0.25, -0.2) is 9.67 Å². The molecule has 1 aromatic carbocycles. The summed E-state index contributed by atoms with van der Waals surface area (Å²) >= 11 is 6.71. The molecule has 0 aliphatic heterocycles. The van der Waals surface area contributed by atoms with Gasteiger partial charge in [-0.2, -0.15) is 9.65 Å². The molecule has 8 nitrogen and oxygen atoms in total. The van der Waals surface area contributed by atoms with Crippen LogP contribution in [0.25, 0.3) is 10.9 Å². The summed E-state index contributed by atoms with van der Waals surface area (Å²) in [5, 5.41) is 26.8. The maximum Gasteiger partial charge on any atom is 0.213 e. The number of hydrogen-bond donors (Lipinski definition) is 2. The van der Waals surface area contributed by atoms with Gasteiger partial charge in [-0.3, -0.25) is 4.98 Å². The second-order valence-electron chi connectivity index (χ2n) is 11.4. The Morgan fingerprint density at radius 3 is 2.68 bits per heavy atom. The number of fused-ring (bicyclic) bond motifs is 1. The topological polar surface area (TPSA) is 104 Å². The zero-order chi connectivity index (χ0) is 27.2. The lowest BCUT2D eigenvalue weighted by atomic mass is 9.96. The minimum atomic E-state index is -0.544. The molecule has 1 aliphatic rings. The van der Waals surface area contributed by atoms with Gasteiger partial charge < -0.3 is 10.6 Å². The van der Waals surface area contributed by atoms with Gasteiger partial charge in [0.2, 0.25) is 5.95 Å². The van der Waals surface area contributed by atoms with Crippen LogP contribution in [-0.2, 0) is 5.54 Å². The van der Waals surface area contributed by atoms with Gasteiger partial charge in [-0.15, -0.1) is 5.10 Å². The summed E-state index contributed by atoms with van der Waals surface area (Å²) in [7, 11) is 0. The normalized spacial score (nSPS) is 15.2. The van der Waals surface area contributed by atoms with Crippen molar-refractivity contribution in [3.05, 3.63) is 70.1 Å². The second-order valence-corrected chi connectivity index (χ2v) is 11.8. The van der Waals surface area contributed by atoms with Crippen LogP contribution >= 0.6 is 11.6 Å². The Labute approximate surface area is 226 Å². The molecule has 3 aromatic heterocycles. The molecule has 0 saturated heterocycles. The Hall–Kier alpha value is -3.77. The zero-order valence-corrected chi connectivity index (χ0v) is 22.9. The lowest BCUT2D eigenvalue weighted by Crippen LogP contribution is -2.20. The average Bonchev–Trinajstić information content (AvgIpc) is 3.40. The molecule has 3 heterocycles. The van der Waals surface area contributed by atoms with Crippen molar-refractivity contribution in [1.29, 1.82) is 5.26 Å². The highest BCUT2D eigenvalue weighted by atomic mass is 35.5. The van der Waals surface area contributed by atoms with Gasteiger partial charge in [0.15, 0.2) is 0 Å². The summed E-state index contributed by atoms with van der Waals surface area (Å²) in [6.45, 7) is 10.9. The minimum Gasteiger partial charge on any atom is -0.383 e. The number of aryl methyl sites for hydroxylation is 1. The van der Waals surface area contributed by atoms with Crippen molar-refractivity contribution in [3.8, 4) is 6.07 Å². The molecule has 4 aromatic rings. The fourth-order valence-electron chi connectivity index (χ4n) is 4.38. The standard InChI is InChI=1S/C28H30ClFN8/c1-16-19(6-7-23(30)34-16)26(22-14-38(37-36-22)28(5)8-9-28)35-18-10-20-24(33-15-27(2,3)4)17(12-31)13-32-25(20)21(29)11-18/h6-7,10-11,13-14,26,35H,8-9,15H2,1-5H3,(H,32,33). The van der Waals surface area contributed by atoms with Crippen LogP contribution < -0.4 is 10.6 Å². The molecule has 196 valence electrons. The zero-order valence-electron chi connectivity index (χ0n) is 22.1. The van der Waals surface area contributed by atoms with Crippen molar-refractivity contribution >= 4 is 33.9 Å². The largest absolute Gasteiger partial charge is 0.383 e. The Morgan fingerprint density at radius 1 is 1.26 bits per heavy atom. The van der Waals surface area contributed by atoms with E-state index in [0.29, 0.717) is 45.4 Å². The molecule has 1 fully saturated rings. The van der Waals surface area contributed by atoms with Gasteiger partial charge in [0.05, 0.1) is 39.6 Å². The molecule has 1 saturated carbocycles. The molecule has 0 spiro atoms. The second kappa shape index (κ2) is 9.52. The van der Waals surface area contributed by atoms with Crippen LogP contribution in [0.2, 0.25) is 5.02 Å². The third-order valence-corrected chi connectivity index (χ3v) is 7.18. The van der Waals surface area contributed by atoms with Crippen LogP contribution in [0.15, 0.2) is 36.7 Å². The van der Waals surface area contributed by atoms with E-state index in [1.807, 2.05) is 16.9 Å². The van der Waals surface area contributed by atoms with E-state index in [9.17, 15) is 9.65 Å². The third-order valence-electron chi connectivity index (χ3n) is 6.89. The number of hydrogen-bond acceptors (Lipinski definition) is 7. The predicted octanol–water partition coefficient (Wildman–Crippen LogP) is 6.36. The van der Waals surface area contributed by atoms with E-state index in [1.54, 1.807) is 25.3 Å². The average molecular weight is 533 g/mol. The fourth-order valence-corrected chi connectivity index (χ4v) is 4.65. The van der Waals surface area contributed by atoms with Crippen LogP contribution in [0.4, 0.5) is 15.8 Å². The highest BCUT2D eigenvalue weighted by molar-refractivity contribution is 6.35. The summed E-state index contributed by atoms with van der Waals surface area (Å²) in [5.74, 6) is -0.544. The Balaban J connectivity index is 1.60. The Kier molecular flexibility index (Phi) is 6.48. The van der Waals surface area contributed by atoms with Gasteiger partial charge in [0, 0.05) is 35.1 Å².